The van der Waals surface area contributed by atoms with Crippen LogP contribution in [0.15, 0.2) is 48.5 Å². The number of amides is 2. The molecular weight excluding hydrogens is 296 g/mol. The zero-order valence-corrected chi connectivity index (χ0v) is 13.3. The van der Waals surface area contributed by atoms with Crippen molar-refractivity contribution in [3.8, 4) is 0 Å². The van der Waals surface area contributed by atoms with Gasteiger partial charge in [-0.3, -0.25) is 0 Å². The number of urea groups is 1. The lowest BCUT2D eigenvalue weighted by Gasteiger charge is -2.25. The number of carbonyl (C=O) groups is 1. The molecule has 4 heteroatoms. The van der Waals surface area contributed by atoms with Crippen LogP contribution in [0.2, 0.25) is 5.02 Å². The smallest absolute Gasteiger partial charge is 0.317 e. The van der Waals surface area contributed by atoms with Crippen LogP contribution in [0.4, 0.5) is 10.5 Å². The van der Waals surface area contributed by atoms with Crippen molar-refractivity contribution in [3.05, 3.63) is 64.7 Å². The van der Waals surface area contributed by atoms with E-state index >= 15 is 0 Å². The topological polar surface area (TPSA) is 32.3 Å². The Morgan fingerprint density at radius 2 is 2.05 bits per heavy atom. The zero-order chi connectivity index (χ0) is 15.5. The van der Waals surface area contributed by atoms with E-state index in [0.717, 1.165) is 19.4 Å². The maximum Gasteiger partial charge on any atom is 0.322 e. The highest BCUT2D eigenvalue weighted by molar-refractivity contribution is 6.33. The summed E-state index contributed by atoms with van der Waals surface area (Å²) in [4.78, 5) is 14.5. The van der Waals surface area contributed by atoms with E-state index in [1.807, 2.05) is 29.2 Å². The molecule has 2 aromatic carbocycles. The molecule has 22 heavy (non-hydrogen) atoms. The monoisotopic (exact) mass is 314 g/mol. The fourth-order valence-corrected chi connectivity index (χ4v) is 3.17. The van der Waals surface area contributed by atoms with Crippen molar-refractivity contribution < 1.29 is 4.79 Å². The zero-order valence-electron chi connectivity index (χ0n) is 12.6. The third-order valence-corrected chi connectivity index (χ3v) is 4.39. The highest BCUT2D eigenvalue weighted by Gasteiger charge is 2.30. The molecule has 0 radical (unpaired) electrons. The van der Waals surface area contributed by atoms with Crippen molar-refractivity contribution in [1.29, 1.82) is 0 Å². The number of aryl methyl sites for hydroxylation is 1. The van der Waals surface area contributed by atoms with Gasteiger partial charge >= 0.3 is 6.03 Å². The summed E-state index contributed by atoms with van der Waals surface area (Å²) >= 11 is 6.12. The molecule has 1 N–H and O–H groups in total. The Morgan fingerprint density at radius 3 is 2.82 bits per heavy atom. The number of hydrogen-bond donors (Lipinski definition) is 1. The lowest BCUT2D eigenvalue weighted by molar-refractivity contribution is 0.207. The lowest BCUT2D eigenvalue weighted by Crippen LogP contribution is -2.34. The molecule has 1 aliphatic heterocycles. The molecule has 0 bridgehead atoms. The van der Waals surface area contributed by atoms with E-state index in [-0.39, 0.29) is 12.1 Å². The van der Waals surface area contributed by atoms with E-state index in [4.69, 9.17) is 11.6 Å². The van der Waals surface area contributed by atoms with Crippen LogP contribution >= 0.6 is 11.6 Å². The van der Waals surface area contributed by atoms with Crippen LogP contribution in [0.5, 0.6) is 0 Å². The van der Waals surface area contributed by atoms with Crippen LogP contribution < -0.4 is 5.32 Å². The molecule has 3 nitrogen and oxygen atoms in total. The highest BCUT2D eigenvalue weighted by Crippen LogP contribution is 2.33. The normalized spacial score (nSPS) is 17.5. The first-order chi connectivity index (χ1) is 10.6. The number of benzene rings is 2. The molecule has 1 fully saturated rings. The first kappa shape index (κ1) is 14.9. The number of carbonyl (C=O) groups excluding carboxylic acids is 1. The average Bonchev–Trinajstić information content (AvgIpc) is 2.99. The summed E-state index contributed by atoms with van der Waals surface area (Å²) in [6.07, 6.45) is 2.02. The molecule has 2 amide bonds. The minimum atomic E-state index is -0.0860. The summed E-state index contributed by atoms with van der Waals surface area (Å²) in [6, 6.07) is 15.7. The minimum Gasteiger partial charge on any atom is -0.317 e. The van der Waals surface area contributed by atoms with Gasteiger partial charge in [0.1, 0.15) is 0 Å². The van der Waals surface area contributed by atoms with E-state index in [9.17, 15) is 4.79 Å². The van der Waals surface area contributed by atoms with Crippen molar-refractivity contribution in [2.24, 2.45) is 0 Å². The Labute approximate surface area is 135 Å². The molecular formula is C18H19ClN2O. The average molecular weight is 315 g/mol. The number of para-hydroxylation sites is 1. The first-order valence-corrected chi connectivity index (χ1v) is 7.91. The molecule has 1 aliphatic rings. The molecule has 0 aromatic heterocycles. The number of halogens is 1. The number of nitrogens with one attached hydrogen (secondary N) is 1. The van der Waals surface area contributed by atoms with Gasteiger partial charge in [-0.25, -0.2) is 4.79 Å². The fourth-order valence-electron chi connectivity index (χ4n) is 2.98. The van der Waals surface area contributed by atoms with Crippen molar-refractivity contribution in [3.63, 3.8) is 0 Å². The maximum atomic E-state index is 12.6. The van der Waals surface area contributed by atoms with Crippen molar-refractivity contribution >= 4 is 23.3 Å². The van der Waals surface area contributed by atoms with Gasteiger partial charge in [-0.05, 0) is 37.5 Å². The standard InChI is InChI=1S/C18H19ClN2O/c1-13-6-4-7-14(12-13)17-10-5-11-21(17)18(22)20-16-9-3-2-8-15(16)19/h2-4,6-9,12,17H,5,10-11H2,1H3,(H,20,22). The Morgan fingerprint density at radius 1 is 1.23 bits per heavy atom. The summed E-state index contributed by atoms with van der Waals surface area (Å²) in [7, 11) is 0. The number of nitrogens with zero attached hydrogens (tertiary/aromatic N) is 1. The second kappa shape index (κ2) is 6.41. The molecule has 1 heterocycles. The molecule has 1 unspecified atom stereocenters. The Kier molecular flexibility index (Phi) is 4.34. The lowest BCUT2D eigenvalue weighted by atomic mass is 10.0. The molecule has 114 valence electrons. The van der Waals surface area contributed by atoms with E-state index in [1.54, 1.807) is 6.07 Å². The van der Waals surface area contributed by atoms with Gasteiger partial charge in [-0.2, -0.15) is 0 Å². The number of hydrogen-bond acceptors (Lipinski definition) is 1. The van der Waals surface area contributed by atoms with Crippen molar-refractivity contribution in [2.45, 2.75) is 25.8 Å². The molecule has 3 rings (SSSR count). The van der Waals surface area contributed by atoms with Gasteiger partial charge in [-0.15, -0.1) is 0 Å². The van der Waals surface area contributed by atoms with Gasteiger partial charge < -0.3 is 10.2 Å². The van der Waals surface area contributed by atoms with Gasteiger partial charge in [0, 0.05) is 6.54 Å². The molecule has 0 spiro atoms. The van der Waals surface area contributed by atoms with Gasteiger partial charge in [0.25, 0.3) is 0 Å². The van der Waals surface area contributed by atoms with Crippen LogP contribution in [0, 0.1) is 6.92 Å². The molecule has 1 saturated heterocycles. The number of anilines is 1. The van der Waals surface area contributed by atoms with Crippen LogP contribution in [-0.4, -0.2) is 17.5 Å². The Balaban J connectivity index is 1.78. The van der Waals surface area contributed by atoms with Crippen LogP contribution in [-0.2, 0) is 0 Å². The van der Waals surface area contributed by atoms with Crippen molar-refractivity contribution in [2.75, 3.05) is 11.9 Å². The van der Waals surface area contributed by atoms with E-state index in [1.165, 1.54) is 11.1 Å². The third-order valence-electron chi connectivity index (χ3n) is 4.06. The summed E-state index contributed by atoms with van der Waals surface area (Å²) in [6.45, 7) is 2.85. The van der Waals surface area contributed by atoms with Crippen molar-refractivity contribution in [1.82, 2.24) is 4.90 Å². The van der Waals surface area contributed by atoms with E-state index < -0.39 is 0 Å². The van der Waals surface area contributed by atoms with Gasteiger partial charge in [0.15, 0.2) is 0 Å². The van der Waals surface area contributed by atoms with Crippen LogP contribution in [0.3, 0.4) is 0 Å². The van der Waals surface area contributed by atoms with Crippen LogP contribution in [0.25, 0.3) is 0 Å². The third kappa shape index (κ3) is 3.09. The summed E-state index contributed by atoms with van der Waals surface area (Å²) in [5.74, 6) is 0. The second-order valence-electron chi connectivity index (χ2n) is 5.68. The Bertz CT molecular complexity index is 686. The molecule has 2 aromatic rings. The van der Waals surface area contributed by atoms with E-state index in [2.05, 4.69) is 30.4 Å². The Hall–Kier alpha value is -2.00. The van der Waals surface area contributed by atoms with E-state index in [0.29, 0.717) is 10.7 Å². The van der Waals surface area contributed by atoms with Gasteiger partial charge in [0.05, 0.1) is 16.8 Å². The van der Waals surface area contributed by atoms with Gasteiger partial charge in [-0.1, -0.05) is 53.6 Å². The van der Waals surface area contributed by atoms with Crippen LogP contribution in [0.1, 0.15) is 30.0 Å². The molecule has 0 aliphatic carbocycles. The predicted octanol–water partition coefficient (Wildman–Crippen LogP) is 5.02. The van der Waals surface area contributed by atoms with Gasteiger partial charge in [0.2, 0.25) is 0 Å². The predicted molar refractivity (Wildman–Crippen MR) is 90.3 cm³/mol. The second-order valence-corrected chi connectivity index (χ2v) is 6.08. The number of likely N-dealkylation sites (tertiary alicyclic amines) is 1. The minimum absolute atomic E-state index is 0.0860. The first-order valence-electron chi connectivity index (χ1n) is 7.54. The quantitative estimate of drug-likeness (QED) is 0.829. The fraction of sp³-hybridized carbons (Fsp3) is 0.278. The maximum absolute atomic E-state index is 12.6. The summed E-state index contributed by atoms with van der Waals surface area (Å²) in [5.41, 5.74) is 3.08. The number of rotatable bonds is 2. The largest absolute Gasteiger partial charge is 0.322 e. The summed E-state index contributed by atoms with van der Waals surface area (Å²) < 4.78 is 0. The molecule has 0 saturated carbocycles. The molecule has 1 atom stereocenters. The SMILES string of the molecule is Cc1cccc(C2CCCN2C(=O)Nc2ccccc2Cl)c1. The summed E-state index contributed by atoms with van der Waals surface area (Å²) in [5, 5.41) is 3.48. The highest BCUT2D eigenvalue weighted by atomic mass is 35.5.